The van der Waals surface area contributed by atoms with Gasteiger partial charge in [0.05, 0.1) is 14.2 Å². The number of hydrogen-bond acceptors (Lipinski definition) is 4. The molecule has 1 aromatic heterocycles. The summed E-state index contributed by atoms with van der Waals surface area (Å²) < 4.78 is 4.90. The fourth-order valence-corrected chi connectivity index (χ4v) is 0.787. The van der Waals surface area contributed by atoms with E-state index in [1.165, 1.54) is 26.4 Å². The Bertz CT molecular complexity index is 316. The number of nitrogens with zero attached hydrogens (tertiary/aromatic N) is 3. The quantitative estimate of drug-likeness (QED) is 0.510. The summed E-state index contributed by atoms with van der Waals surface area (Å²) in [5.74, 6) is 0.781. The van der Waals surface area contributed by atoms with Crippen LogP contribution in [0, 0.1) is 10.1 Å². The van der Waals surface area contributed by atoms with Gasteiger partial charge in [0.25, 0.3) is 0 Å². The van der Waals surface area contributed by atoms with Crippen LogP contribution in [0.15, 0.2) is 18.3 Å². The fraction of sp³-hybridized carbons (Fsp3) is 0.286. The Kier molecular flexibility index (Phi) is 2.63. The third kappa shape index (κ3) is 2.05. The van der Waals surface area contributed by atoms with Crippen LogP contribution in [0.4, 0.5) is 5.82 Å². The topological polar surface area (TPSA) is 68.5 Å². The van der Waals surface area contributed by atoms with Crippen molar-refractivity contribution < 1.29 is 9.77 Å². The highest BCUT2D eigenvalue weighted by Crippen LogP contribution is 2.16. The predicted molar refractivity (Wildman–Crippen MR) is 46.2 cm³/mol. The number of nitro groups is 1. The van der Waals surface area contributed by atoms with Crippen LogP contribution in [0.3, 0.4) is 0 Å². The molecule has 0 saturated heterocycles. The van der Waals surface area contributed by atoms with Gasteiger partial charge in [0, 0.05) is 12.3 Å². The van der Waals surface area contributed by atoms with E-state index < -0.39 is 5.03 Å². The molecule has 70 valence electrons. The molecule has 0 aromatic carbocycles. The van der Waals surface area contributed by atoms with Gasteiger partial charge in [0.15, 0.2) is 10.9 Å². The van der Waals surface area contributed by atoms with Crippen molar-refractivity contribution in [3.05, 3.63) is 28.4 Å². The SMILES string of the molecule is COc1ccnc(N(C)[N+](=O)[O-])c1. The van der Waals surface area contributed by atoms with Crippen molar-refractivity contribution in [3.63, 3.8) is 0 Å². The molecule has 0 spiro atoms. The van der Waals surface area contributed by atoms with Gasteiger partial charge in [0.1, 0.15) is 5.75 Å². The van der Waals surface area contributed by atoms with Crippen LogP contribution in [-0.2, 0) is 0 Å². The van der Waals surface area contributed by atoms with Crippen LogP contribution in [0.2, 0.25) is 0 Å². The third-order valence-electron chi connectivity index (χ3n) is 1.53. The summed E-state index contributed by atoms with van der Waals surface area (Å²) in [6.45, 7) is 0. The van der Waals surface area contributed by atoms with Gasteiger partial charge < -0.3 is 4.74 Å². The van der Waals surface area contributed by atoms with Crippen LogP contribution in [0.1, 0.15) is 0 Å². The number of ether oxygens (including phenoxy) is 1. The second-order valence-electron chi connectivity index (χ2n) is 2.32. The molecule has 0 aliphatic carbocycles. The Morgan fingerprint density at radius 3 is 2.92 bits per heavy atom. The van der Waals surface area contributed by atoms with Crippen LogP contribution in [-0.4, -0.2) is 24.2 Å². The van der Waals surface area contributed by atoms with Crippen LogP contribution in [0.25, 0.3) is 0 Å². The minimum absolute atomic E-state index is 0.240. The lowest BCUT2D eigenvalue weighted by molar-refractivity contribution is -0.490. The van der Waals surface area contributed by atoms with E-state index in [1.807, 2.05) is 0 Å². The van der Waals surface area contributed by atoms with Crippen molar-refractivity contribution >= 4 is 5.82 Å². The summed E-state index contributed by atoms with van der Waals surface area (Å²) in [4.78, 5) is 14.2. The van der Waals surface area contributed by atoms with Crippen molar-refractivity contribution in [1.29, 1.82) is 0 Å². The largest absolute Gasteiger partial charge is 0.497 e. The van der Waals surface area contributed by atoms with Gasteiger partial charge in [-0.05, 0) is 6.07 Å². The van der Waals surface area contributed by atoms with Crippen molar-refractivity contribution in [2.45, 2.75) is 0 Å². The van der Waals surface area contributed by atoms with E-state index in [0.717, 1.165) is 5.01 Å². The summed E-state index contributed by atoms with van der Waals surface area (Å²) in [5, 5.41) is 10.6. The summed E-state index contributed by atoms with van der Waals surface area (Å²) in [5.41, 5.74) is 0. The maximum absolute atomic E-state index is 10.4. The van der Waals surface area contributed by atoms with E-state index in [4.69, 9.17) is 4.74 Å². The van der Waals surface area contributed by atoms with Gasteiger partial charge in [0.2, 0.25) is 0 Å². The molecule has 0 atom stereocenters. The second kappa shape index (κ2) is 3.70. The molecular weight excluding hydrogens is 174 g/mol. The minimum Gasteiger partial charge on any atom is -0.497 e. The minimum atomic E-state index is -0.554. The van der Waals surface area contributed by atoms with Gasteiger partial charge in [-0.15, -0.1) is 0 Å². The van der Waals surface area contributed by atoms with E-state index in [-0.39, 0.29) is 5.82 Å². The summed E-state index contributed by atoms with van der Waals surface area (Å²) in [6, 6.07) is 3.11. The molecule has 0 fully saturated rings. The van der Waals surface area contributed by atoms with Crippen molar-refractivity contribution in [2.75, 3.05) is 19.2 Å². The number of anilines is 1. The predicted octanol–water partition coefficient (Wildman–Crippen LogP) is 0.718. The van der Waals surface area contributed by atoms with Crippen LogP contribution >= 0.6 is 0 Å². The molecule has 6 nitrogen and oxygen atoms in total. The molecule has 0 saturated carbocycles. The molecule has 1 rings (SSSR count). The first-order valence-corrected chi connectivity index (χ1v) is 3.53. The van der Waals surface area contributed by atoms with Crippen molar-refractivity contribution in [2.24, 2.45) is 0 Å². The third-order valence-corrected chi connectivity index (χ3v) is 1.53. The molecule has 0 amide bonds. The molecule has 0 aliphatic rings. The lowest BCUT2D eigenvalue weighted by Gasteiger charge is -2.07. The smallest absolute Gasteiger partial charge is 0.197 e. The summed E-state index contributed by atoms with van der Waals surface area (Å²) >= 11 is 0. The van der Waals surface area contributed by atoms with E-state index >= 15 is 0 Å². The average Bonchev–Trinajstić information content (AvgIpc) is 2.16. The van der Waals surface area contributed by atoms with E-state index in [9.17, 15) is 10.1 Å². The average molecular weight is 183 g/mol. The van der Waals surface area contributed by atoms with Gasteiger partial charge >= 0.3 is 0 Å². The second-order valence-corrected chi connectivity index (χ2v) is 2.32. The Hall–Kier alpha value is -1.85. The van der Waals surface area contributed by atoms with Gasteiger partial charge in [-0.1, -0.05) is 5.01 Å². The lowest BCUT2D eigenvalue weighted by Crippen LogP contribution is -2.25. The van der Waals surface area contributed by atoms with E-state index in [1.54, 1.807) is 6.07 Å². The first-order chi connectivity index (χ1) is 6.15. The highest BCUT2D eigenvalue weighted by Gasteiger charge is 2.12. The highest BCUT2D eigenvalue weighted by molar-refractivity contribution is 5.40. The fourth-order valence-electron chi connectivity index (χ4n) is 0.787. The Morgan fingerprint density at radius 2 is 2.38 bits per heavy atom. The zero-order valence-electron chi connectivity index (χ0n) is 7.30. The first kappa shape index (κ1) is 9.24. The monoisotopic (exact) mass is 183 g/mol. The zero-order valence-corrected chi connectivity index (χ0v) is 7.30. The number of hydrogen-bond donors (Lipinski definition) is 0. The molecule has 0 radical (unpaired) electrons. The summed E-state index contributed by atoms with van der Waals surface area (Å²) in [6.07, 6.45) is 1.45. The van der Waals surface area contributed by atoms with Crippen LogP contribution in [0.5, 0.6) is 5.75 Å². The van der Waals surface area contributed by atoms with E-state index in [2.05, 4.69) is 4.98 Å². The number of aromatic nitrogens is 1. The number of rotatable bonds is 3. The molecule has 6 heteroatoms. The molecule has 0 N–H and O–H groups in total. The van der Waals surface area contributed by atoms with E-state index in [0.29, 0.717) is 5.75 Å². The Labute approximate surface area is 74.9 Å². The van der Waals surface area contributed by atoms with Gasteiger partial charge in [-0.3, -0.25) is 0 Å². The zero-order chi connectivity index (χ0) is 9.84. The van der Waals surface area contributed by atoms with Crippen LogP contribution < -0.4 is 9.75 Å². The summed E-state index contributed by atoms with van der Waals surface area (Å²) in [7, 11) is 2.81. The molecule has 0 bridgehead atoms. The molecule has 1 heterocycles. The standard InChI is InChI=1S/C7H9N3O3/c1-9(10(11)12)7-5-6(13-2)3-4-8-7/h3-5H,1-2H3. The number of hydrazine groups is 1. The number of methoxy groups -OCH3 is 1. The Balaban J connectivity index is 2.94. The van der Waals surface area contributed by atoms with Gasteiger partial charge in [-0.25, -0.2) is 15.1 Å². The molecular formula is C7H9N3O3. The molecule has 0 aliphatic heterocycles. The van der Waals surface area contributed by atoms with Crippen molar-refractivity contribution in [3.8, 4) is 5.75 Å². The van der Waals surface area contributed by atoms with Gasteiger partial charge in [-0.2, -0.15) is 0 Å². The molecule has 0 unspecified atom stereocenters. The molecule has 13 heavy (non-hydrogen) atoms. The number of pyridine rings is 1. The highest BCUT2D eigenvalue weighted by atomic mass is 16.7. The normalized spacial score (nSPS) is 9.38. The maximum Gasteiger partial charge on any atom is 0.197 e. The molecule has 1 aromatic rings. The maximum atomic E-state index is 10.4. The Morgan fingerprint density at radius 1 is 1.69 bits per heavy atom. The van der Waals surface area contributed by atoms with Crippen molar-refractivity contribution in [1.82, 2.24) is 4.98 Å². The lowest BCUT2D eigenvalue weighted by atomic mass is 10.4. The first-order valence-electron chi connectivity index (χ1n) is 3.53.